The monoisotopic (exact) mass is 312 g/mol. The molecule has 2 rings (SSSR count). The first kappa shape index (κ1) is 16.9. The molecule has 122 valence electrons. The Kier molecular flexibility index (Phi) is 6.48. The van der Waals surface area contributed by atoms with E-state index in [0.717, 1.165) is 24.3 Å². The normalized spacial score (nSPS) is 10.2. The second kappa shape index (κ2) is 8.83. The molecule has 0 unspecified atom stereocenters. The Morgan fingerprint density at radius 2 is 1.48 bits per heavy atom. The van der Waals surface area contributed by atoms with Gasteiger partial charge in [-0.05, 0) is 48.2 Å². The Labute approximate surface area is 137 Å². The van der Waals surface area contributed by atoms with E-state index in [0.29, 0.717) is 13.2 Å². The third-order valence-electron chi connectivity index (χ3n) is 3.61. The Morgan fingerprint density at radius 1 is 0.913 bits per heavy atom. The van der Waals surface area contributed by atoms with E-state index in [9.17, 15) is 4.79 Å². The zero-order valence-corrected chi connectivity index (χ0v) is 13.8. The molecule has 0 aliphatic heterocycles. The molecule has 0 atom stereocenters. The van der Waals surface area contributed by atoms with E-state index in [2.05, 4.69) is 36.6 Å². The van der Waals surface area contributed by atoms with Crippen LogP contribution in [0.4, 0.5) is 10.5 Å². The van der Waals surface area contributed by atoms with Crippen LogP contribution in [0.25, 0.3) is 0 Å². The summed E-state index contributed by atoms with van der Waals surface area (Å²) in [6.45, 7) is 5.11. The van der Waals surface area contributed by atoms with Crippen LogP contribution in [0.3, 0.4) is 0 Å². The van der Waals surface area contributed by atoms with Crippen LogP contribution < -0.4 is 15.4 Å². The van der Waals surface area contributed by atoms with Crippen molar-refractivity contribution in [2.24, 2.45) is 0 Å². The molecular weight excluding hydrogens is 288 g/mol. The first-order valence-corrected chi connectivity index (χ1v) is 8.06. The third kappa shape index (κ3) is 5.66. The van der Waals surface area contributed by atoms with Gasteiger partial charge in [0.15, 0.2) is 0 Å². The molecule has 0 fully saturated rings. The number of hydrogen-bond donors (Lipinski definition) is 2. The van der Waals surface area contributed by atoms with Crippen molar-refractivity contribution in [1.82, 2.24) is 5.32 Å². The third-order valence-corrected chi connectivity index (χ3v) is 3.61. The summed E-state index contributed by atoms with van der Waals surface area (Å²) in [6, 6.07) is 15.6. The van der Waals surface area contributed by atoms with Gasteiger partial charge in [0, 0.05) is 5.69 Å². The highest BCUT2D eigenvalue weighted by molar-refractivity contribution is 5.89. The number of ether oxygens (including phenoxy) is 1. The van der Waals surface area contributed by atoms with Crippen molar-refractivity contribution in [2.45, 2.75) is 26.7 Å². The maximum absolute atomic E-state index is 11.8. The molecular formula is C19H24N2O2. The molecule has 4 heteroatoms. The van der Waals surface area contributed by atoms with Crippen LogP contribution in [0, 0.1) is 0 Å². The SMILES string of the molecule is CCc1ccc(NC(=O)NCCOc2ccc(CC)cc2)cc1. The topological polar surface area (TPSA) is 50.4 Å². The summed E-state index contributed by atoms with van der Waals surface area (Å²) in [5.74, 6) is 0.819. The van der Waals surface area contributed by atoms with Gasteiger partial charge in [-0.15, -0.1) is 0 Å². The quantitative estimate of drug-likeness (QED) is 0.759. The maximum atomic E-state index is 11.8. The van der Waals surface area contributed by atoms with Crippen molar-refractivity contribution >= 4 is 11.7 Å². The van der Waals surface area contributed by atoms with E-state index in [1.807, 2.05) is 36.4 Å². The lowest BCUT2D eigenvalue weighted by Gasteiger charge is -2.10. The zero-order chi connectivity index (χ0) is 16.5. The minimum atomic E-state index is -0.223. The van der Waals surface area contributed by atoms with Crippen LogP contribution in [0.15, 0.2) is 48.5 Å². The highest BCUT2D eigenvalue weighted by atomic mass is 16.5. The predicted octanol–water partition coefficient (Wildman–Crippen LogP) is 4.01. The van der Waals surface area contributed by atoms with E-state index in [4.69, 9.17) is 4.74 Å². The average Bonchev–Trinajstić information content (AvgIpc) is 2.60. The second-order valence-electron chi connectivity index (χ2n) is 5.28. The smallest absolute Gasteiger partial charge is 0.319 e. The van der Waals surface area contributed by atoms with Crippen molar-refractivity contribution in [1.29, 1.82) is 0 Å². The highest BCUT2D eigenvalue weighted by Gasteiger charge is 2.01. The van der Waals surface area contributed by atoms with Gasteiger partial charge in [-0.25, -0.2) is 4.79 Å². The summed E-state index contributed by atoms with van der Waals surface area (Å²) in [4.78, 5) is 11.8. The first-order chi connectivity index (χ1) is 11.2. The molecule has 2 aromatic carbocycles. The van der Waals surface area contributed by atoms with Crippen LogP contribution >= 0.6 is 0 Å². The molecule has 23 heavy (non-hydrogen) atoms. The highest BCUT2D eigenvalue weighted by Crippen LogP contribution is 2.12. The minimum Gasteiger partial charge on any atom is -0.492 e. The van der Waals surface area contributed by atoms with Crippen LogP contribution in [-0.4, -0.2) is 19.2 Å². The standard InChI is InChI=1S/C19H24N2O2/c1-3-15-5-9-17(10-6-15)21-19(22)20-13-14-23-18-11-7-16(4-2)8-12-18/h5-12H,3-4,13-14H2,1-2H3,(H2,20,21,22). The van der Waals surface area contributed by atoms with Gasteiger partial charge in [0.2, 0.25) is 0 Å². The zero-order valence-electron chi connectivity index (χ0n) is 13.8. The number of aryl methyl sites for hydroxylation is 2. The first-order valence-electron chi connectivity index (χ1n) is 8.06. The van der Waals surface area contributed by atoms with E-state index >= 15 is 0 Å². The summed E-state index contributed by atoms with van der Waals surface area (Å²) in [7, 11) is 0. The van der Waals surface area contributed by atoms with Gasteiger partial charge in [-0.1, -0.05) is 38.1 Å². The molecule has 0 saturated carbocycles. The predicted molar refractivity (Wildman–Crippen MR) is 94.2 cm³/mol. The summed E-state index contributed by atoms with van der Waals surface area (Å²) in [5, 5.41) is 5.58. The number of carbonyl (C=O) groups excluding carboxylic acids is 1. The fourth-order valence-corrected chi connectivity index (χ4v) is 2.15. The van der Waals surface area contributed by atoms with Gasteiger partial charge < -0.3 is 15.4 Å². The Balaban J connectivity index is 1.67. The summed E-state index contributed by atoms with van der Waals surface area (Å²) in [5.41, 5.74) is 3.32. The van der Waals surface area contributed by atoms with Gasteiger partial charge in [-0.3, -0.25) is 0 Å². The molecule has 2 N–H and O–H groups in total. The molecule has 0 aromatic heterocycles. The van der Waals surface area contributed by atoms with Crippen molar-refractivity contribution in [2.75, 3.05) is 18.5 Å². The second-order valence-corrected chi connectivity index (χ2v) is 5.28. The number of rotatable bonds is 7. The number of urea groups is 1. The Hall–Kier alpha value is -2.49. The Morgan fingerprint density at radius 3 is 2.04 bits per heavy atom. The number of amides is 2. The summed E-state index contributed by atoms with van der Waals surface area (Å²) in [6.07, 6.45) is 2.00. The van der Waals surface area contributed by atoms with Gasteiger partial charge in [0.1, 0.15) is 12.4 Å². The van der Waals surface area contributed by atoms with E-state index in [1.165, 1.54) is 11.1 Å². The average molecular weight is 312 g/mol. The molecule has 0 heterocycles. The van der Waals surface area contributed by atoms with E-state index in [-0.39, 0.29) is 6.03 Å². The molecule has 0 saturated heterocycles. The number of benzene rings is 2. The number of carbonyl (C=O) groups is 1. The molecule has 0 spiro atoms. The number of anilines is 1. The largest absolute Gasteiger partial charge is 0.492 e. The molecule has 0 bridgehead atoms. The summed E-state index contributed by atoms with van der Waals surface area (Å²) >= 11 is 0. The lowest BCUT2D eigenvalue weighted by atomic mass is 10.1. The number of nitrogens with one attached hydrogen (secondary N) is 2. The van der Waals surface area contributed by atoms with Crippen LogP contribution in [-0.2, 0) is 12.8 Å². The van der Waals surface area contributed by atoms with Gasteiger partial charge in [-0.2, -0.15) is 0 Å². The summed E-state index contributed by atoms with van der Waals surface area (Å²) < 4.78 is 5.59. The molecule has 0 radical (unpaired) electrons. The van der Waals surface area contributed by atoms with Gasteiger partial charge in [0.05, 0.1) is 6.54 Å². The van der Waals surface area contributed by atoms with Crippen LogP contribution in [0.5, 0.6) is 5.75 Å². The molecule has 2 amide bonds. The fraction of sp³-hybridized carbons (Fsp3) is 0.316. The molecule has 4 nitrogen and oxygen atoms in total. The van der Waals surface area contributed by atoms with Gasteiger partial charge >= 0.3 is 6.03 Å². The minimum absolute atomic E-state index is 0.223. The molecule has 2 aromatic rings. The van der Waals surface area contributed by atoms with Crippen molar-refractivity contribution in [3.8, 4) is 5.75 Å². The molecule has 0 aliphatic rings. The lowest BCUT2D eigenvalue weighted by Crippen LogP contribution is -2.32. The van der Waals surface area contributed by atoms with Crippen LogP contribution in [0.1, 0.15) is 25.0 Å². The lowest BCUT2D eigenvalue weighted by molar-refractivity contribution is 0.247. The van der Waals surface area contributed by atoms with Crippen molar-refractivity contribution < 1.29 is 9.53 Å². The maximum Gasteiger partial charge on any atom is 0.319 e. The number of hydrogen-bond acceptors (Lipinski definition) is 2. The van der Waals surface area contributed by atoms with Gasteiger partial charge in [0.25, 0.3) is 0 Å². The van der Waals surface area contributed by atoms with Crippen molar-refractivity contribution in [3.05, 3.63) is 59.7 Å². The Bertz CT molecular complexity index is 606. The fourth-order valence-electron chi connectivity index (χ4n) is 2.15. The van der Waals surface area contributed by atoms with Crippen molar-refractivity contribution in [3.63, 3.8) is 0 Å². The van der Waals surface area contributed by atoms with E-state index < -0.39 is 0 Å². The molecule has 0 aliphatic carbocycles. The van der Waals surface area contributed by atoms with Crippen LogP contribution in [0.2, 0.25) is 0 Å². The van der Waals surface area contributed by atoms with E-state index in [1.54, 1.807) is 0 Å².